The standard InChI is InChI=1S/C49H29N3OS/c1-3-13-30(14-4-1)33-18-11-19-34(27-33)47-50-48(39-22-12-23-41-44(39)38-26-25-32-17-7-8-20-36(32)46(38)53-41)52-49(51-47)40-28-35(31-15-5-2-6-16-31)29-43-45(40)37-21-9-10-24-42(37)54-43/h1-29H. The molecule has 11 aromatic rings. The van der Waals surface area contributed by atoms with E-state index in [1.54, 1.807) is 11.3 Å². The van der Waals surface area contributed by atoms with E-state index in [1.165, 1.54) is 14.8 Å². The third-order valence-electron chi connectivity index (χ3n) is 10.3. The third kappa shape index (κ3) is 5.01. The predicted octanol–water partition coefficient (Wildman–Crippen LogP) is 13.6. The summed E-state index contributed by atoms with van der Waals surface area (Å²) in [7, 11) is 0. The summed E-state index contributed by atoms with van der Waals surface area (Å²) in [5.41, 5.74) is 8.95. The smallest absolute Gasteiger partial charge is 0.164 e. The van der Waals surface area contributed by atoms with Crippen molar-refractivity contribution in [2.45, 2.75) is 0 Å². The Bertz CT molecular complexity index is 3220. The van der Waals surface area contributed by atoms with Crippen molar-refractivity contribution in [1.29, 1.82) is 0 Å². The topological polar surface area (TPSA) is 51.8 Å². The molecule has 4 nitrogen and oxygen atoms in total. The van der Waals surface area contributed by atoms with Crippen molar-refractivity contribution in [3.8, 4) is 56.4 Å². The Morgan fingerprint density at radius 2 is 1.02 bits per heavy atom. The summed E-state index contributed by atoms with van der Waals surface area (Å²) in [5.74, 6) is 1.84. The van der Waals surface area contributed by atoms with Gasteiger partial charge in [-0.2, -0.15) is 0 Å². The maximum absolute atomic E-state index is 6.61. The lowest BCUT2D eigenvalue weighted by molar-refractivity contribution is 0.672. The van der Waals surface area contributed by atoms with E-state index in [4.69, 9.17) is 19.4 Å². The van der Waals surface area contributed by atoms with Crippen LogP contribution in [0.25, 0.3) is 109 Å². The predicted molar refractivity (Wildman–Crippen MR) is 225 cm³/mol. The van der Waals surface area contributed by atoms with Crippen LogP contribution in [0.1, 0.15) is 0 Å². The van der Waals surface area contributed by atoms with Crippen LogP contribution in [0.4, 0.5) is 0 Å². The van der Waals surface area contributed by atoms with Crippen LogP contribution in [0.5, 0.6) is 0 Å². The summed E-state index contributed by atoms with van der Waals surface area (Å²) in [6, 6.07) is 61.5. The maximum atomic E-state index is 6.61. The summed E-state index contributed by atoms with van der Waals surface area (Å²) >= 11 is 1.80. The number of hydrogen-bond donors (Lipinski definition) is 0. The molecule has 3 heterocycles. The SMILES string of the molecule is c1ccc(-c2cccc(-c3nc(-c4cccc5oc6c7ccccc7ccc6c45)nc(-c4cc(-c5ccccc5)cc5sc6ccccc6c45)n3)c2)cc1. The third-order valence-corrected chi connectivity index (χ3v) is 11.4. The Kier molecular flexibility index (Phi) is 7.00. The molecule has 0 N–H and O–H groups in total. The lowest BCUT2D eigenvalue weighted by Crippen LogP contribution is -2.01. The highest BCUT2D eigenvalue weighted by atomic mass is 32.1. The summed E-state index contributed by atoms with van der Waals surface area (Å²) < 4.78 is 9.03. The molecule has 0 amide bonds. The molecule has 0 aliphatic rings. The van der Waals surface area contributed by atoms with Crippen molar-refractivity contribution in [3.05, 3.63) is 176 Å². The Morgan fingerprint density at radius 1 is 0.370 bits per heavy atom. The van der Waals surface area contributed by atoms with Gasteiger partial charge in [-0.15, -0.1) is 11.3 Å². The molecule has 0 fully saturated rings. The number of aromatic nitrogens is 3. The molecule has 54 heavy (non-hydrogen) atoms. The largest absolute Gasteiger partial charge is 0.455 e. The summed E-state index contributed by atoms with van der Waals surface area (Å²) in [5, 5.41) is 6.58. The highest BCUT2D eigenvalue weighted by Crippen LogP contribution is 2.44. The Balaban J connectivity index is 1.22. The molecule has 0 radical (unpaired) electrons. The molecule has 252 valence electrons. The molecule has 0 aliphatic carbocycles. The molecule has 0 saturated carbocycles. The van der Waals surface area contributed by atoms with Crippen molar-refractivity contribution in [3.63, 3.8) is 0 Å². The minimum Gasteiger partial charge on any atom is -0.455 e. The molecular weight excluding hydrogens is 679 g/mol. The second-order valence-electron chi connectivity index (χ2n) is 13.6. The van der Waals surface area contributed by atoms with E-state index >= 15 is 0 Å². The summed E-state index contributed by atoms with van der Waals surface area (Å²) in [6.07, 6.45) is 0. The highest BCUT2D eigenvalue weighted by molar-refractivity contribution is 7.26. The molecule has 11 rings (SSSR count). The van der Waals surface area contributed by atoms with Gasteiger partial charge in [-0.1, -0.05) is 140 Å². The van der Waals surface area contributed by atoms with E-state index in [-0.39, 0.29) is 0 Å². The van der Waals surface area contributed by atoms with E-state index in [0.717, 1.165) is 77.0 Å². The molecule has 0 spiro atoms. The molecule has 0 unspecified atom stereocenters. The Labute approximate surface area is 314 Å². The highest BCUT2D eigenvalue weighted by Gasteiger charge is 2.21. The zero-order valence-corrected chi connectivity index (χ0v) is 29.7. The van der Waals surface area contributed by atoms with Crippen LogP contribution in [0, 0.1) is 0 Å². The second-order valence-corrected chi connectivity index (χ2v) is 14.6. The number of fused-ring (bicyclic) bond motifs is 8. The van der Waals surface area contributed by atoms with Crippen molar-refractivity contribution >= 4 is 64.2 Å². The fourth-order valence-corrected chi connectivity index (χ4v) is 8.95. The van der Waals surface area contributed by atoms with Crippen LogP contribution in [-0.4, -0.2) is 15.0 Å². The summed E-state index contributed by atoms with van der Waals surface area (Å²) in [4.78, 5) is 16.0. The van der Waals surface area contributed by atoms with Gasteiger partial charge in [-0.25, -0.2) is 15.0 Å². The van der Waals surface area contributed by atoms with Crippen LogP contribution in [0.15, 0.2) is 180 Å². The molecule has 3 aromatic heterocycles. The quantitative estimate of drug-likeness (QED) is 0.179. The van der Waals surface area contributed by atoms with Crippen molar-refractivity contribution in [2.24, 2.45) is 0 Å². The molecule has 5 heteroatoms. The average Bonchev–Trinajstić information content (AvgIpc) is 3.83. The van der Waals surface area contributed by atoms with Gasteiger partial charge in [0.05, 0.1) is 0 Å². The van der Waals surface area contributed by atoms with Crippen molar-refractivity contribution < 1.29 is 4.42 Å². The first-order chi connectivity index (χ1) is 26.7. The van der Waals surface area contributed by atoms with Crippen LogP contribution in [0.3, 0.4) is 0 Å². The van der Waals surface area contributed by atoms with E-state index in [9.17, 15) is 0 Å². The van der Waals surface area contributed by atoms with Gasteiger partial charge in [0, 0.05) is 53.0 Å². The number of rotatable bonds is 5. The lowest BCUT2D eigenvalue weighted by atomic mass is 9.98. The fraction of sp³-hybridized carbons (Fsp3) is 0. The van der Waals surface area contributed by atoms with Gasteiger partial charge in [-0.3, -0.25) is 0 Å². The zero-order chi connectivity index (χ0) is 35.6. The van der Waals surface area contributed by atoms with Crippen molar-refractivity contribution in [1.82, 2.24) is 15.0 Å². The average molecular weight is 708 g/mol. The lowest BCUT2D eigenvalue weighted by Gasteiger charge is -2.12. The minimum absolute atomic E-state index is 0.597. The number of furan rings is 1. The number of thiophene rings is 1. The molecule has 0 atom stereocenters. The molecular formula is C49H29N3OS. The van der Waals surface area contributed by atoms with Crippen LogP contribution < -0.4 is 0 Å². The Morgan fingerprint density at radius 3 is 1.85 bits per heavy atom. The Hall–Kier alpha value is -6.95. The van der Waals surface area contributed by atoms with Gasteiger partial charge in [0.2, 0.25) is 0 Å². The molecule has 0 bridgehead atoms. The molecule has 8 aromatic carbocycles. The van der Waals surface area contributed by atoms with E-state index < -0.39 is 0 Å². The zero-order valence-electron chi connectivity index (χ0n) is 28.9. The second kappa shape index (κ2) is 12.3. The van der Waals surface area contributed by atoms with Gasteiger partial charge >= 0.3 is 0 Å². The monoisotopic (exact) mass is 707 g/mol. The molecule has 0 aliphatic heterocycles. The normalized spacial score (nSPS) is 11.7. The first-order valence-corrected chi connectivity index (χ1v) is 18.8. The first-order valence-electron chi connectivity index (χ1n) is 18.0. The minimum atomic E-state index is 0.597. The van der Waals surface area contributed by atoms with Gasteiger partial charge in [0.15, 0.2) is 17.5 Å². The first kappa shape index (κ1) is 30.7. The number of hydrogen-bond acceptors (Lipinski definition) is 5. The van der Waals surface area contributed by atoms with Crippen molar-refractivity contribution in [2.75, 3.05) is 0 Å². The fourth-order valence-electron chi connectivity index (χ4n) is 7.78. The number of benzene rings is 8. The van der Waals surface area contributed by atoms with Gasteiger partial charge in [0.1, 0.15) is 11.2 Å². The van der Waals surface area contributed by atoms with Crippen LogP contribution in [0.2, 0.25) is 0 Å². The van der Waals surface area contributed by atoms with E-state index in [0.29, 0.717) is 17.5 Å². The van der Waals surface area contributed by atoms with E-state index in [1.807, 2.05) is 18.2 Å². The molecule has 0 saturated heterocycles. The maximum Gasteiger partial charge on any atom is 0.164 e. The van der Waals surface area contributed by atoms with Crippen LogP contribution in [-0.2, 0) is 0 Å². The number of nitrogens with zero attached hydrogens (tertiary/aromatic N) is 3. The van der Waals surface area contributed by atoms with Gasteiger partial charge < -0.3 is 4.42 Å². The van der Waals surface area contributed by atoms with Crippen LogP contribution >= 0.6 is 11.3 Å². The van der Waals surface area contributed by atoms with Gasteiger partial charge in [0.25, 0.3) is 0 Å². The van der Waals surface area contributed by atoms with Gasteiger partial charge in [-0.05, 0) is 64.0 Å². The van der Waals surface area contributed by atoms with E-state index in [2.05, 4.69) is 158 Å². The summed E-state index contributed by atoms with van der Waals surface area (Å²) in [6.45, 7) is 0.